The maximum absolute atomic E-state index is 10.7. The third-order valence-corrected chi connectivity index (χ3v) is 2.49. The normalized spacial score (nSPS) is 13.9. The summed E-state index contributed by atoms with van der Waals surface area (Å²) in [4.78, 5) is 10.7. The first kappa shape index (κ1) is 14.5. The Hall–Kier alpha value is -1.59. The van der Waals surface area contributed by atoms with Crippen LogP contribution in [0.15, 0.2) is 30.3 Å². The first-order valence-corrected chi connectivity index (χ1v) is 5.80. The molecule has 1 aromatic rings. The minimum absolute atomic E-state index is 0.271. The van der Waals surface area contributed by atoms with Crippen LogP contribution >= 0.6 is 0 Å². The molecule has 0 aliphatic rings. The summed E-state index contributed by atoms with van der Waals surface area (Å²) in [5, 5.41) is 8.79. The lowest BCUT2D eigenvalue weighted by Gasteiger charge is -2.18. The summed E-state index contributed by atoms with van der Waals surface area (Å²) in [7, 11) is 0. The lowest BCUT2D eigenvalue weighted by Crippen LogP contribution is -2.45. The Morgan fingerprint density at radius 1 is 1.28 bits per heavy atom. The number of aliphatic carboxylic acids is 1. The fourth-order valence-corrected chi connectivity index (χ4v) is 1.23. The summed E-state index contributed by atoms with van der Waals surface area (Å²) in [5.74, 6) is -0.234. The number of nitrogens with two attached hydrogens (primary N) is 1. The van der Waals surface area contributed by atoms with E-state index < -0.39 is 11.5 Å². The molecule has 0 heterocycles. The molecule has 5 nitrogen and oxygen atoms in total. The van der Waals surface area contributed by atoms with Crippen molar-refractivity contribution in [2.24, 2.45) is 5.73 Å². The van der Waals surface area contributed by atoms with Gasteiger partial charge in [-0.1, -0.05) is 18.2 Å². The van der Waals surface area contributed by atoms with Gasteiger partial charge in [0.15, 0.2) is 0 Å². The predicted octanol–water partition coefficient (Wildman–Crippen LogP) is 1.27. The molecule has 3 N–H and O–H groups in total. The molecule has 0 aromatic heterocycles. The van der Waals surface area contributed by atoms with Gasteiger partial charge in [-0.05, 0) is 25.5 Å². The van der Waals surface area contributed by atoms with Gasteiger partial charge < -0.3 is 20.3 Å². The van der Waals surface area contributed by atoms with Crippen molar-refractivity contribution in [2.45, 2.75) is 18.9 Å². The largest absolute Gasteiger partial charge is 0.491 e. The number of rotatable bonds is 8. The molecule has 1 rings (SSSR count). The summed E-state index contributed by atoms with van der Waals surface area (Å²) in [6, 6.07) is 9.42. The molecule has 0 saturated carbocycles. The number of carboxylic acid groups (broad SMARTS) is 1. The van der Waals surface area contributed by atoms with E-state index in [4.69, 9.17) is 20.3 Å². The van der Waals surface area contributed by atoms with Gasteiger partial charge in [0.05, 0.1) is 6.61 Å². The fourth-order valence-electron chi connectivity index (χ4n) is 1.23. The molecular formula is C13H19NO4. The molecule has 0 spiro atoms. The quantitative estimate of drug-likeness (QED) is 0.682. The SMILES string of the molecule is CC(N)(CCOCCOc1ccccc1)C(=O)O. The Bertz CT molecular complexity index is 365. The molecule has 0 bridgehead atoms. The maximum Gasteiger partial charge on any atom is 0.323 e. The Morgan fingerprint density at radius 2 is 1.94 bits per heavy atom. The van der Waals surface area contributed by atoms with Crippen LogP contribution in [0.1, 0.15) is 13.3 Å². The molecular weight excluding hydrogens is 234 g/mol. The highest BCUT2D eigenvalue weighted by atomic mass is 16.5. The zero-order valence-corrected chi connectivity index (χ0v) is 10.5. The van der Waals surface area contributed by atoms with Crippen molar-refractivity contribution in [3.8, 4) is 5.75 Å². The molecule has 100 valence electrons. The summed E-state index contributed by atoms with van der Waals surface area (Å²) in [6.45, 7) is 2.61. The van der Waals surface area contributed by atoms with E-state index in [2.05, 4.69) is 0 Å². The first-order chi connectivity index (χ1) is 8.52. The number of carboxylic acids is 1. The van der Waals surface area contributed by atoms with Gasteiger partial charge >= 0.3 is 5.97 Å². The van der Waals surface area contributed by atoms with E-state index in [1.165, 1.54) is 6.92 Å². The highest BCUT2D eigenvalue weighted by molar-refractivity contribution is 5.77. The predicted molar refractivity (Wildman–Crippen MR) is 67.6 cm³/mol. The molecule has 1 aromatic carbocycles. The van der Waals surface area contributed by atoms with Gasteiger partial charge in [-0.3, -0.25) is 4.79 Å². The average Bonchev–Trinajstić information content (AvgIpc) is 2.34. The highest BCUT2D eigenvalue weighted by Crippen LogP contribution is 2.08. The van der Waals surface area contributed by atoms with Crippen molar-refractivity contribution in [2.75, 3.05) is 19.8 Å². The second-order valence-corrected chi connectivity index (χ2v) is 4.25. The lowest BCUT2D eigenvalue weighted by molar-refractivity contribution is -0.143. The first-order valence-electron chi connectivity index (χ1n) is 5.80. The van der Waals surface area contributed by atoms with Crippen molar-refractivity contribution >= 4 is 5.97 Å². The Labute approximate surface area is 107 Å². The third kappa shape index (κ3) is 5.16. The standard InChI is InChI=1S/C13H19NO4/c1-13(14,12(15)16)7-8-17-9-10-18-11-5-3-2-4-6-11/h2-6H,7-10,14H2,1H3,(H,15,16). The van der Waals surface area contributed by atoms with Crippen LogP contribution in [0, 0.1) is 0 Å². The summed E-state index contributed by atoms with van der Waals surface area (Å²) >= 11 is 0. The molecule has 1 unspecified atom stereocenters. The molecule has 0 aliphatic carbocycles. The highest BCUT2D eigenvalue weighted by Gasteiger charge is 2.27. The van der Waals surface area contributed by atoms with Crippen LogP contribution in [0.2, 0.25) is 0 Å². The number of carbonyl (C=O) groups is 1. The van der Waals surface area contributed by atoms with Crippen LogP contribution in [0.5, 0.6) is 5.75 Å². The van der Waals surface area contributed by atoms with E-state index in [0.29, 0.717) is 19.8 Å². The van der Waals surface area contributed by atoms with Gasteiger partial charge in [-0.2, -0.15) is 0 Å². The van der Waals surface area contributed by atoms with Crippen molar-refractivity contribution in [3.63, 3.8) is 0 Å². The van der Waals surface area contributed by atoms with Crippen LogP contribution in [0.4, 0.5) is 0 Å². The van der Waals surface area contributed by atoms with E-state index in [1.807, 2.05) is 30.3 Å². The number of ether oxygens (including phenoxy) is 2. The Kier molecular flexibility index (Phi) is 5.61. The molecule has 0 fully saturated rings. The van der Waals surface area contributed by atoms with Crippen molar-refractivity contribution < 1.29 is 19.4 Å². The molecule has 5 heteroatoms. The Balaban J connectivity index is 2.08. The second kappa shape index (κ2) is 6.98. The van der Waals surface area contributed by atoms with Crippen LogP contribution < -0.4 is 10.5 Å². The van der Waals surface area contributed by atoms with E-state index in [1.54, 1.807) is 0 Å². The smallest absolute Gasteiger partial charge is 0.323 e. The van der Waals surface area contributed by atoms with Crippen molar-refractivity contribution in [1.29, 1.82) is 0 Å². The topological polar surface area (TPSA) is 81.8 Å². The van der Waals surface area contributed by atoms with Crippen LogP contribution in [0.3, 0.4) is 0 Å². The molecule has 0 amide bonds. The van der Waals surface area contributed by atoms with Crippen LogP contribution in [-0.2, 0) is 9.53 Å². The summed E-state index contributed by atoms with van der Waals surface area (Å²) in [5.41, 5.74) is 4.32. The summed E-state index contributed by atoms with van der Waals surface area (Å²) in [6.07, 6.45) is 0.271. The van der Waals surface area contributed by atoms with E-state index >= 15 is 0 Å². The molecule has 0 saturated heterocycles. The van der Waals surface area contributed by atoms with E-state index in [9.17, 15) is 4.79 Å². The number of hydrogen-bond donors (Lipinski definition) is 2. The Morgan fingerprint density at radius 3 is 2.56 bits per heavy atom. The molecule has 1 atom stereocenters. The minimum atomic E-state index is -1.24. The van der Waals surface area contributed by atoms with Crippen molar-refractivity contribution in [3.05, 3.63) is 30.3 Å². The zero-order valence-electron chi connectivity index (χ0n) is 10.5. The number of para-hydroxylation sites is 1. The van der Waals surface area contributed by atoms with Gasteiger partial charge in [-0.25, -0.2) is 0 Å². The average molecular weight is 253 g/mol. The van der Waals surface area contributed by atoms with Gasteiger partial charge in [0.25, 0.3) is 0 Å². The van der Waals surface area contributed by atoms with Gasteiger partial charge in [-0.15, -0.1) is 0 Å². The second-order valence-electron chi connectivity index (χ2n) is 4.25. The van der Waals surface area contributed by atoms with Crippen LogP contribution in [0.25, 0.3) is 0 Å². The van der Waals surface area contributed by atoms with Gasteiger partial charge in [0.2, 0.25) is 0 Å². The summed E-state index contributed by atoms with van der Waals surface area (Å²) < 4.78 is 10.7. The number of benzene rings is 1. The molecule has 18 heavy (non-hydrogen) atoms. The molecule has 0 radical (unpaired) electrons. The third-order valence-electron chi connectivity index (χ3n) is 2.49. The van der Waals surface area contributed by atoms with Gasteiger partial charge in [0.1, 0.15) is 17.9 Å². The van der Waals surface area contributed by atoms with Gasteiger partial charge in [0, 0.05) is 6.61 Å². The van der Waals surface area contributed by atoms with E-state index in [-0.39, 0.29) is 6.42 Å². The van der Waals surface area contributed by atoms with Crippen LogP contribution in [-0.4, -0.2) is 36.4 Å². The molecule has 0 aliphatic heterocycles. The fraction of sp³-hybridized carbons (Fsp3) is 0.462. The number of hydrogen-bond acceptors (Lipinski definition) is 4. The maximum atomic E-state index is 10.7. The lowest BCUT2D eigenvalue weighted by atomic mass is 10.0. The monoisotopic (exact) mass is 253 g/mol. The zero-order chi connectivity index (χ0) is 13.4. The minimum Gasteiger partial charge on any atom is -0.491 e. The van der Waals surface area contributed by atoms with Crippen molar-refractivity contribution in [1.82, 2.24) is 0 Å². The van der Waals surface area contributed by atoms with E-state index in [0.717, 1.165) is 5.75 Å².